The number of hydrazine groups is 1. The molecule has 1 aromatic rings. The topological polar surface area (TPSA) is 47.3 Å². The van der Waals surface area contributed by atoms with E-state index in [0.29, 0.717) is 5.56 Å². The van der Waals surface area contributed by atoms with Gasteiger partial charge in [-0.3, -0.25) is 11.3 Å². The number of rotatable bonds is 8. The maximum Gasteiger partial charge on any atom is 0.573 e. The first kappa shape index (κ1) is 17.8. The van der Waals surface area contributed by atoms with Crippen LogP contribution < -0.4 is 16.0 Å². The molecule has 6 heteroatoms. The van der Waals surface area contributed by atoms with Crippen LogP contribution in [0, 0.1) is 5.92 Å². The zero-order chi connectivity index (χ0) is 15.9. The van der Waals surface area contributed by atoms with Crippen LogP contribution in [0.1, 0.15) is 51.1 Å². The molecule has 0 aliphatic rings. The number of hydrogen-bond acceptors (Lipinski definition) is 3. The lowest BCUT2D eigenvalue weighted by Gasteiger charge is -2.26. The van der Waals surface area contributed by atoms with E-state index in [9.17, 15) is 13.2 Å². The van der Waals surface area contributed by atoms with Gasteiger partial charge in [0.25, 0.3) is 0 Å². The maximum atomic E-state index is 12.3. The van der Waals surface area contributed by atoms with Crippen molar-refractivity contribution in [3.63, 3.8) is 0 Å². The molecule has 120 valence electrons. The van der Waals surface area contributed by atoms with Crippen molar-refractivity contribution < 1.29 is 17.9 Å². The molecule has 3 N–H and O–H groups in total. The standard InChI is InChI=1S/C15H23F3N2O/c1-3-5-7-11(4-2)14(20-19)12-8-6-9-13(10-12)21-15(16,17)18/h6,8-11,14,20H,3-5,7,19H2,1-2H3. The molecule has 0 amide bonds. The Bertz CT molecular complexity index is 424. The Labute approximate surface area is 123 Å². The quantitative estimate of drug-likeness (QED) is 0.556. The summed E-state index contributed by atoms with van der Waals surface area (Å²) in [5.41, 5.74) is 3.44. The molecule has 2 unspecified atom stereocenters. The van der Waals surface area contributed by atoms with E-state index in [2.05, 4.69) is 24.0 Å². The molecule has 0 heterocycles. The molecule has 0 aliphatic heterocycles. The van der Waals surface area contributed by atoms with Gasteiger partial charge in [-0.15, -0.1) is 13.2 Å². The lowest BCUT2D eigenvalue weighted by molar-refractivity contribution is -0.274. The number of nitrogens with two attached hydrogens (primary N) is 1. The Morgan fingerprint density at radius 1 is 1.29 bits per heavy atom. The van der Waals surface area contributed by atoms with Gasteiger partial charge in [0.05, 0.1) is 0 Å². The first-order valence-corrected chi connectivity index (χ1v) is 7.23. The summed E-state index contributed by atoms with van der Waals surface area (Å²) in [7, 11) is 0. The van der Waals surface area contributed by atoms with Crippen molar-refractivity contribution in [1.82, 2.24) is 5.43 Å². The molecule has 1 aromatic carbocycles. The van der Waals surface area contributed by atoms with Gasteiger partial charge in [-0.2, -0.15) is 0 Å². The predicted molar refractivity (Wildman–Crippen MR) is 76.5 cm³/mol. The van der Waals surface area contributed by atoms with Gasteiger partial charge >= 0.3 is 6.36 Å². The number of nitrogens with one attached hydrogen (secondary N) is 1. The van der Waals surface area contributed by atoms with Crippen molar-refractivity contribution >= 4 is 0 Å². The van der Waals surface area contributed by atoms with Gasteiger partial charge in [0.2, 0.25) is 0 Å². The number of benzene rings is 1. The van der Waals surface area contributed by atoms with Crippen molar-refractivity contribution in [3.05, 3.63) is 29.8 Å². The average Bonchev–Trinajstić information content (AvgIpc) is 2.41. The molecule has 0 aliphatic carbocycles. The van der Waals surface area contributed by atoms with Gasteiger partial charge in [0, 0.05) is 6.04 Å². The van der Waals surface area contributed by atoms with Gasteiger partial charge in [0.1, 0.15) is 5.75 Å². The summed E-state index contributed by atoms with van der Waals surface area (Å²) in [5.74, 6) is 5.67. The molecule has 21 heavy (non-hydrogen) atoms. The molecular formula is C15H23F3N2O. The minimum Gasteiger partial charge on any atom is -0.406 e. The number of halogens is 3. The fourth-order valence-electron chi connectivity index (χ4n) is 2.48. The van der Waals surface area contributed by atoms with Gasteiger partial charge in [-0.25, -0.2) is 0 Å². The molecular weight excluding hydrogens is 281 g/mol. The SMILES string of the molecule is CCCCC(CC)C(NN)c1cccc(OC(F)(F)F)c1. The summed E-state index contributed by atoms with van der Waals surface area (Å²) in [6, 6.07) is 5.82. The summed E-state index contributed by atoms with van der Waals surface area (Å²) in [4.78, 5) is 0. The third-order valence-corrected chi connectivity index (χ3v) is 3.55. The zero-order valence-corrected chi connectivity index (χ0v) is 12.4. The van der Waals surface area contributed by atoms with Crippen molar-refractivity contribution in [2.75, 3.05) is 0 Å². The Hall–Kier alpha value is -1.27. The second kappa shape index (κ2) is 8.24. The molecule has 0 aromatic heterocycles. The highest BCUT2D eigenvalue weighted by molar-refractivity contribution is 5.31. The number of hydrogen-bond donors (Lipinski definition) is 2. The number of ether oxygens (including phenoxy) is 1. The predicted octanol–water partition coefficient (Wildman–Crippen LogP) is 4.31. The van der Waals surface area contributed by atoms with Gasteiger partial charge in [-0.1, -0.05) is 45.2 Å². The fourth-order valence-corrected chi connectivity index (χ4v) is 2.48. The van der Waals surface area contributed by atoms with Crippen LogP contribution >= 0.6 is 0 Å². The van der Waals surface area contributed by atoms with E-state index in [1.165, 1.54) is 12.1 Å². The van der Waals surface area contributed by atoms with Crippen LogP contribution in [0.15, 0.2) is 24.3 Å². The summed E-state index contributed by atoms with van der Waals surface area (Å²) in [6.45, 7) is 4.16. The second-order valence-electron chi connectivity index (χ2n) is 5.08. The molecule has 0 spiro atoms. The second-order valence-corrected chi connectivity index (χ2v) is 5.08. The monoisotopic (exact) mass is 304 g/mol. The Morgan fingerprint density at radius 2 is 2.00 bits per heavy atom. The minimum atomic E-state index is -4.68. The summed E-state index contributed by atoms with van der Waals surface area (Å²) in [5, 5.41) is 0. The smallest absolute Gasteiger partial charge is 0.406 e. The van der Waals surface area contributed by atoms with Crippen LogP contribution in [-0.2, 0) is 0 Å². The van der Waals surface area contributed by atoms with Crippen molar-refractivity contribution in [3.8, 4) is 5.75 Å². The zero-order valence-electron chi connectivity index (χ0n) is 12.4. The van der Waals surface area contributed by atoms with Crippen LogP contribution in [0.25, 0.3) is 0 Å². The molecule has 0 radical (unpaired) electrons. The van der Waals surface area contributed by atoms with Crippen LogP contribution in [0.5, 0.6) is 5.75 Å². The normalized spacial score (nSPS) is 14.8. The molecule has 0 saturated heterocycles. The average molecular weight is 304 g/mol. The van der Waals surface area contributed by atoms with E-state index >= 15 is 0 Å². The third-order valence-electron chi connectivity index (χ3n) is 3.55. The van der Waals surface area contributed by atoms with E-state index in [-0.39, 0.29) is 17.7 Å². The van der Waals surface area contributed by atoms with E-state index in [1.54, 1.807) is 12.1 Å². The summed E-state index contributed by atoms with van der Waals surface area (Å²) < 4.78 is 40.8. The molecule has 0 saturated carbocycles. The van der Waals surface area contributed by atoms with Crippen molar-refractivity contribution in [1.29, 1.82) is 0 Å². The fraction of sp³-hybridized carbons (Fsp3) is 0.600. The van der Waals surface area contributed by atoms with E-state index < -0.39 is 6.36 Å². The first-order chi connectivity index (χ1) is 9.91. The van der Waals surface area contributed by atoms with Crippen LogP contribution in [0.2, 0.25) is 0 Å². The van der Waals surface area contributed by atoms with Gasteiger partial charge in [0.15, 0.2) is 0 Å². The number of alkyl halides is 3. The van der Waals surface area contributed by atoms with Crippen LogP contribution in [0.3, 0.4) is 0 Å². The van der Waals surface area contributed by atoms with E-state index in [0.717, 1.165) is 25.7 Å². The molecule has 3 nitrogen and oxygen atoms in total. The third kappa shape index (κ3) is 5.93. The Kier molecular flexibility index (Phi) is 6.98. The Morgan fingerprint density at radius 3 is 2.52 bits per heavy atom. The van der Waals surface area contributed by atoms with Crippen molar-refractivity contribution in [2.24, 2.45) is 11.8 Å². The summed E-state index contributed by atoms with van der Waals surface area (Å²) >= 11 is 0. The molecule has 0 bridgehead atoms. The first-order valence-electron chi connectivity index (χ1n) is 7.23. The molecule has 1 rings (SSSR count). The largest absolute Gasteiger partial charge is 0.573 e. The minimum absolute atomic E-state index is 0.182. The maximum absolute atomic E-state index is 12.3. The van der Waals surface area contributed by atoms with Crippen LogP contribution in [0.4, 0.5) is 13.2 Å². The van der Waals surface area contributed by atoms with Gasteiger partial charge < -0.3 is 4.74 Å². The van der Waals surface area contributed by atoms with Crippen molar-refractivity contribution in [2.45, 2.75) is 51.9 Å². The highest BCUT2D eigenvalue weighted by Gasteiger charge is 2.31. The van der Waals surface area contributed by atoms with Crippen LogP contribution in [-0.4, -0.2) is 6.36 Å². The molecule has 2 atom stereocenters. The highest BCUT2D eigenvalue weighted by Crippen LogP contribution is 2.31. The lowest BCUT2D eigenvalue weighted by atomic mass is 9.87. The highest BCUT2D eigenvalue weighted by atomic mass is 19.4. The van der Waals surface area contributed by atoms with Gasteiger partial charge in [-0.05, 0) is 30.0 Å². The Balaban J connectivity index is 2.91. The summed E-state index contributed by atoms with van der Waals surface area (Å²) in [6.07, 6.45) is -0.664. The number of unbranched alkanes of at least 4 members (excludes halogenated alkanes) is 1. The molecule has 0 fully saturated rings. The lowest BCUT2D eigenvalue weighted by Crippen LogP contribution is -2.33. The van der Waals surface area contributed by atoms with E-state index in [1.807, 2.05) is 0 Å². The van der Waals surface area contributed by atoms with E-state index in [4.69, 9.17) is 5.84 Å².